The number of hydrogen-bond donors (Lipinski definition) is 1. The van der Waals surface area contributed by atoms with Crippen LogP contribution in [0.15, 0.2) is 36.4 Å². The zero-order valence-electron chi connectivity index (χ0n) is 25.9. The predicted molar refractivity (Wildman–Crippen MR) is 175 cm³/mol. The van der Waals surface area contributed by atoms with Crippen LogP contribution in [0.1, 0.15) is 42.3 Å². The van der Waals surface area contributed by atoms with E-state index in [-0.39, 0.29) is 18.4 Å². The van der Waals surface area contributed by atoms with Crippen molar-refractivity contribution in [2.75, 3.05) is 14.1 Å². The van der Waals surface area contributed by atoms with Crippen LogP contribution in [0.4, 0.5) is 48.3 Å². The van der Waals surface area contributed by atoms with Gasteiger partial charge in [-0.1, -0.05) is 0 Å². The Morgan fingerprint density at radius 2 is 1.16 bits per heavy atom. The van der Waals surface area contributed by atoms with Gasteiger partial charge < -0.3 is 10.2 Å². The maximum Gasteiger partial charge on any atom is 0.259 e. The molecule has 1 N–H and O–H groups in total. The minimum absolute atomic E-state index is 0.00463. The summed E-state index contributed by atoms with van der Waals surface area (Å²) in [7, 11) is 6.68. The summed E-state index contributed by atoms with van der Waals surface area (Å²) in [5, 5.41) is 2.61. The lowest BCUT2D eigenvalue weighted by Crippen LogP contribution is -2.47. The van der Waals surface area contributed by atoms with Crippen molar-refractivity contribution in [2.24, 2.45) is 5.41 Å². The summed E-state index contributed by atoms with van der Waals surface area (Å²) in [6, 6.07) is 3.58. The molecule has 20 heteroatoms. The van der Waals surface area contributed by atoms with Crippen LogP contribution >= 0.6 is 0 Å². The maximum absolute atomic E-state index is 13.5. The number of rotatable bonds is 7. The van der Waals surface area contributed by atoms with Crippen LogP contribution in [-0.2, 0) is 66.9 Å². The minimum atomic E-state index is -3.30. The van der Waals surface area contributed by atoms with Gasteiger partial charge in [-0.15, -0.1) is 0 Å². The normalized spacial score (nSPS) is 10.6. The first-order valence-electron chi connectivity index (χ1n) is 13.0. The smallest absolute Gasteiger partial charge is 0.259 e. The van der Waals surface area contributed by atoms with E-state index in [1.165, 1.54) is 26.6 Å². The maximum atomic E-state index is 13.5. The molecule has 0 atom stereocenters. The molecule has 3 aromatic rings. The largest absolute Gasteiger partial charge is 0.341 e. The molecule has 272 valence electrons. The summed E-state index contributed by atoms with van der Waals surface area (Å²) in [6.45, 7) is 2.29. The molecule has 0 heterocycles. The molecule has 49 heavy (non-hydrogen) atoms. The summed E-state index contributed by atoms with van der Waals surface area (Å²) >= 11 is 8.89. The summed E-state index contributed by atoms with van der Waals surface area (Å²) in [4.78, 5) is 22.8. The molecule has 1 amide bonds. The molecule has 0 aromatic heterocycles. The molecule has 0 saturated carbocycles. The first-order valence-corrected chi connectivity index (χ1v) is 18.3. The third-order valence-electron chi connectivity index (χ3n) is 6.09. The molecule has 0 aliphatic carbocycles. The molecule has 3 aromatic carbocycles. The highest BCUT2D eigenvalue weighted by atomic mass is 33.3. The van der Waals surface area contributed by atoms with Gasteiger partial charge in [0.25, 0.3) is 5.92 Å². The zero-order chi connectivity index (χ0) is 38.3. The second kappa shape index (κ2) is 21.3. The third kappa shape index (κ3) is 14.8. The Kier molecular flexibility index (Phi) is 20.1. The standard InChI is InChI=1S/C14H16F5NO.C8H8F3N.C7H3F3O.S5/c1-13(2,14(3,18)19)12(21)20(4)7-8-5-9(15)6-10(16)11(8)17;1-12-4-5-2-6(9)3-7(10)8(5)11;8-5-1-4(3-11)7(10)6(9)2-5;1-3-5-4-2/h5-6H,7H2,1-4H3;2-3,12H,4H2,1H3;1-3H;. The molecular weight excluding hydrogens is 778 g/mol. The SMILES string of the molecule is CN(Cc1cc(F)cc(F)c1F)C(=O)C(C)(C)C(C)(F)F.CNCc1cc(F)cc(F)c1F.O=Cc1cc(F)cc(F)c1F.S=S=S=S=S. The molecule has 3 rings (SSSR count). The second-order valence-corrected chi connectivity index (χ2v) is 15.3. The molecule has 0 fully saturated rings. The van der Waals surface area contributed by atoms with Crippen LogP contribution in [0.3, 0.4) is 0 Å². The zero-order valence-corrected chi connectivity index (χ0v) is 30.0. The Bertz CT molecular complexity index is 1730. The Hall–Kier alpha value is -2.91. The number of aldehydes is 1. The van der Waals surface area contributed by atoms with Crippen molar-refractivity contribution < 1.29 is 57.9 Å². The third-order valence-corrected chi connectivity index (χ3v) is 10.5. The van der Waals surface area contributed by atoms with Gasteiger partial charge in [0.05, 0.1) is 5.56 Å². The quantitative estimate of drug-likeness (QED) is 0.153. The number of carbonyl (C=O) groups excluding carboxylic acids is 2. The number of carbonyl (C=O) groups is 2. The van der Waals surface area contributed by atoms with E-state index in [4.69, 9.17) is 0 Å². The molecule has 4 nitrogen and oxygen atoms in total. The second-order valence-electron chi connectivity index (χ2n) is 10.0. The first kappa shape index (κ1) is 46.1. The molecule has 0 bridgehead atoms. The minimum Gasteiger partial charge on any atom is -0.341 e. The van der Waals surface area contributed by atoms with Crippen molar-refractivity contribution in [3.8, 4) is 0 Å². The van der Waals surface area contributed by atoms with Crippen molar-refractivity contribution in [1.82, 2.24) is 10.2 Å². The van der Waals surface area contributed by atoms with Crippen molar-refractivity contribution >= 4 is 61.2 Å². The first-order chi connectivity index (χ1) is 22.6. The molecular formula is C29H27F11N2O2S5. The van der Waals surface area contributed by atoms with Crippen molar-refractivity contribution in [3.05, 3.63) is 105 Å². The molecule has 0 aliphatic heterocycles. The lowest BCUT2D eigenvalue weighted by atomic mass is 9.85. The summed E-state index contributed by atoms with van der Waals surface area (Å²) < 4.78 is 141. The van der Waals surface area contributed by atoms with Gasteiger partial charge >= 0.3 is 0 Å². The number of nitrogens with one attached hydrogen (secondary N) is 1. The topological polar surface area (TPSA) is 49.4 Å². The lowest BCUT2D eigenvalue weighted by molar-refractivity contribution is -0.161. The van der Waals surface area contributed by atoms with E-state index >= 15 is 0 Å². The monoisotopic (exact) mass is 804 g/mol. The summed E-state index contributed by atoms with van der Waals surface area (Å²) in [5.74, 6) is -14.5. The van der Waals surface area contributed by atoms with Crippen molar-refractivity contribution in [2.45, 2.75) is 39.8 Å². The average molecular weight is 805 g/mol. The van der Waals surface area contributed by atoms with Crippen LogP contribution in [0.25, 0.3) is 0 Å². The fourth-order valence-electron chi connectivity index (χ4n) is 3.32. The highest BCUT2D eigenvalue weighted by molar-refractivity contribution is 8.59. The van der Waals surface area contributed by atoms with E-state index in [2.05, 4.69) is 27.7 Å². The van der Waals surface area contributed by atoms with E-state index in [1.54, 1.807) is 7.05 Å². The van der Waals surface area contributed by atoms with Crippen molar-refractivity contribution in [1.29, 1.82) is 0 Å². The number of benzene rings is 3. The number of halogens is 11. The average Bonchev–Trinajstić information content (AvgIpc) is 3.00. The fraction of sp³-hybridized carbons (Fsp3) is 0.310. The van der Waals surface area contributed by atoms with E-state index in [0.29, 0.717) is 31.2 Å². The number of nitrogens with zero attached hydrogens (tertiary/aromatic N) is 1. The molecule has 0 unspecified atom stereocenters. The van der Waals surface area contributed by atoms with Gasteiger partial charge in [0.2, 0.25) is 5.91 Å². The predicted octanol–water partition coefficient (Wildman–Crippen LogP) is 7.47. The van der Waals surface area contributed by atoms with Crippen LogP contribution in [0.5, 0.6) is 0 Å². The Morgan fingerprint density at radius 1 is 0.755 bits per heavy atom. The van der Waals surface area contributed by atoms with Crippen LogP contribution in [-0.4, -0.2) is 37.1 Å². The molecule has 0 aliphatic rings. The van der Waals surface area contributed by atoms with Gasteiger partial charge in [0, 0.05) is 105 Å². The summed E-state index contributed by atoms with van der Waals surface area (Å²) in [6.07, 6.45) is 0.0570. The van der Waals surface area contributed by atoms with Gasteiger partial charge in [-0.05, 0) is 39.1 Å². The summed E-state index contributed by atoms with van der Waals surface area (Å²) in [5.41, 5.74) is -3.06. The van der Waals surface area contributed by atoms with E-state index in [0.717, 1.165) is 37.9 Å². The van der Waals surface area contributed by atoms with E-state index in [1.807, 2.05) is 0 Å². The van der Waals surface area contributed by atoms with Gasteiger partial charge in [0.15, 0.2) is 41.2 Å². The van der Waals surface area contributed by atoms with E-state index in [9.17, 15) is 57.9 Å². The van der Waals surface area contributed by atoms with Gasteiger partial charge in [0.1, 0.15) is 22.9 Å². The van der Waals surface area contributed by atoms with Gasteiger partial charge in [-0.25, -0.2) is 48.3 Å². The molecule has 0 radical (unpaired) electrons. The number of alkyl halides is 2. The fourth-order valence-corrected chi connectivity index (χ4v) is 6.06. The Morgan fingerprint density at radius 3 is 1.55 bits per heavy atom. The highest BCUT2D eigenvalue weighted by Gasteiger charge is 2.49. The van der Waals surface area contributed by atoms with Crippen molar-refractivity contribution in [3.63, 3.8) is 0 Å². The van der Waals surface area contributed by atoms with Crippen LogP contribution in [0.2, 0.25) is 0 Å². The van der Waals surface area contributed by atoms with Gasteiger partial charge in [-0.3, -0.25) is 9.59 Å². The number of amides is 1. The Labute approximate surface area is 293 Å². The highest BCUT2D eigenvalue weighted by Crippen LogP contribution is 2.37. The molecule has 0 spiro atoms. The van der Waals surface area contributed by atoms with Crippen LogP contribution < -0.4 is 5.32 Å². The Balaban J connectivity index is 0.000000698. The number of hydrogen-bond acceptors (Lipinski definition) is 5. The van der Waals surface area contributed by atoms with Crippen LogP contribution in [0, 0.1) is 57.8 Å². The molecule has 0 saturated heterocycles. The van der Waals surface area contributed by atoms with Gasteiger partial charge in [-0.2, -0.15) is 0 Å². The lowest BCUT2D eigenvalue weighted by Gasteiger charge is -2.33. The van der Waals surface area contributed by atoms with E-state index < -0.39 is 87.3 Å².